The van der Waals surface area contributed by atoms with Crippen molar-refractivity contribution in [2.24, 2.45) is 7.05 Å². The van der Waals surface area contributed by atoms with Gasteiger partial charge in [-0.3, -0.25) is 19.7 Å². The van der Waals surface area contributed by atoms with Crippen LogP contribution in [0.5, 0.6) is 11.5 Å². The summed E-state index contributed by atoms with van der Waals surface area (Å²) in [6, 6.07) is 3.91. The van der Waals surface area contributed by atoms with Crippen molar-refractivity contribution in [3.05, 3.63) is 45.8 Å². The van der Waals surface area contributed by atoms with Crippen LogP contribution in [0.15, 0.2) is 24.4 Å². The Morgan fingerprint density at radius 3 is 2.49 bits per heavy atom. The van der Waals surface area contributed by atoms with E-state index in [0.29, 0.717) is 12.2 Å². The minimum Gasteiger partial charge on any atom is -0.493 e. The first-order valence-corrected chi connectivity index (χ1v) is 15.4. The number of nitro groups is 1. The second-order valence-electron chi connectivity index (χ2n) is 9.29. The number of anilines is 1. The van der Waals surface area contributed by atoms with Crippen molar-refractivity contribution < 1.29 is 33.9 Å². The second kappa shape index (κ2) is 15.0. The largest absolute Gasteiger partial charge is 0.493 e. The number of aromatic carboxylic acids is 1. The first kappa shape index (κ1) is 32.1. The van der Waals surface area contributed by atoms with Crippen molar-refractivity contribution in [3.63, 3.8) is 0 Å². The van der Waals surface area contributed by atoms with E-state index in [4.69, 9.17) is 14.6 Å². The summed E-state index contributed by atoms with van der Waals surface area (Å²) in [6.45, 7) is 4.75. The number of hydrogen-bond donors (Lipinski definition) is 2. The minimum atomic E-state index is -1.10. The SMILES string of the molecule is CCSC(SCC)[C@@H]1CCCN1C(=O)c1cc(OC)c(OCCCC(=O)Nc2cc(C(=O)O)n(C)c2)cc1[N+](=O)[O-]. The van der Waals surface area contributed by atoms with Crippen LogP contribution in [-0.2, 0) is 11.8 Å². The predicted octanol–water partition coefficient (Wildman–Crippen LogP) is 4.87. The molecule has 2 heterocycles. The molecule has 14 heteroatoms. The quantitative estimate of drug-likeness (QED) is 0.124. The lowest BCUT2D eigenvalue weighted by molar-refractivity contribution is -0.385. The summed E-state index contributed by atoms with van der Waals surface area (Å²) in [7, 11) is 2.96. The molecule has 1 aliphatic rings. The highest BCUT2D eigenvalue weighted by Crippen LogP contribution is 2.39. The number of nitro benzene ring substituents is 1. The Morgan fingerprint density at radius 1 is 1.20 bits per heavy atom. The van der Waals surface area contributed by atoms with Gasteiger partial charge in [0, 0.05) is 32.3 Å². The van der Waals surface area contributed by atoms with E-state index >= 15 is 0 Å². The zero-order valence-electron chi connectivity index (χ0n) is 23.6. The molecule has 41 heavy (non-hydrogen) atoms. The third-order valence-corrected chi connectivity index (χ3v) is 9.33. The molecule has 0 bridgehead atoms. The summed E-state index contributed by atoms with van der Waals surface area (Å²) < 4.78 is 12.7. The van der Waals surface area contributed by atoms with E-state index in [-0.39, 0.29) is 64.4 Å². The van der Waals surface area contributed by atoms with Crippen molar-refractivity contribution in [1.82, 2.24) is 9.47 Å². The van der Waals surface area contributed by atoms with Gasteiger partial charge in [-0.25, -0.2) is 4.79 Å². The third-order valence-electron chi connectivity index (χ3n) is 6.56. The van der Waals surface area contributed by atoms with Crippen molar-refractivity contribution in [2.75, 3.05) is 37.1 Å². The van der Waals surface area contributed by atoms with Crippen LogP contribution in [-0.4, -0.2) is 79.7 Å². The molecule has 1 atom stereocenters. The highest BCUT2D eigenvalue weighted by molar-refractivity contribution is 8.17. The second-order valence-corrected chi connectivity index (χ2v) is 12.4. The first-order valence-electron chi connectivity index (χ1n) is 13.3. The van der Waals surface area contributed by atoms with Gasteiger partial charge in [0.15, 0.2) is 11.5 Å². The molecule has 0 unspecified atom stereocenters. The number of carbonyl (C=O) groups is 3. The van der Waals surface area contributed by atoms with Gasteiger partial charge in [-0.05, 0) is 36.8 Å². The van der Waals surface area contributed by atoms with Gasteiger partial charge in [-0.2, -0.15) is 0 Å². The fraction of sp³-hybridized carbons (Fsp3) is 0.519. The number of rotatable bonds is 15. The minimum absolute atomic E-state index is 0.0170. The van der Waals surface area contributed by atoms with E-state index in [1.54, 1.807) is 35.5 Å². The summed E-state index contributed by atoms with van der Waals surface area (Å²) in [5, 5.41) is 23.8. The number of ether oxygens (including phenoxy) is 2. The van der Waals surface area contributed by atoms with E-state index in [2.05, 4.69) is 19.2 Å². The van der Waals surface area contributed by atoms with Gasteiger partial charge >= 0.3 is 5.97 Å². The van der Waals surface area contributed by atoms with E-state index in [9.17, 15) is 24.5 Å². The maximum absolute atomic E-state index is 13.6. The molecule has 1 saturated heterocycles. The summed E-state index contributed by atoms with van der Waals surface area (Å²) in [5.41, 5.74) is -0.00770. The lowest BCUT2D eigenvalue weighted by Gasteiger charge is -2.31. The van der Waals surface area contributed by atoms with Crippen LogP contribution in [0.25, 0.3) is 0 Å². The molecule has 224 valence electrons. The number of carbonyl (C=O) groups excluding carboxylic acids is 2. The molecule has 0 radical (unpaired) electrons. The molecule has 0 spiro atoms. The van der Waals surface area contributed by atoms with E-state index in [1.807, 2.05) is 0 Å². The highest BCUT2D eigenvalue weighted by atomic mass is 32.2. The van der Waals surface area contributed by atoms with Crippen molar-refractivity contribution >= 4 is 52.7 Å². The Morgan fingerprint density at radius 2 is 1.90 bits per heavy atom. The van der Waals surface area contributed by atoms with E-state index in [0.717, 1.165) is 24.3 Å². The lowest BCUT2D eigenvalue weighted by Crippen LogP contribution is -2.41. The smallest absolute Gasteiger partial charge is 0.352 e. The Bertz CT molecular complexity index is 1260. The number of carboxylic acids is 1. The Balaban J connectivity index is 1.69. The molecule has 2 amide bonds. The van der Waals surface area contributed by atoms with Crippen LogP contribution in [0, 0.1) is 10.1 Å². The number of carboxylic acid groups (broad SMARTS) is 1. The number of nitrogens with zero attached hydrogens (tertiary/aromatic N) is 3. The zero-order chi connectivity index (χ0) is 30.1. The van der Waals surface area contributed by atoms with Gasteiger partial charge in [0.2, 0.25) is 5.91 Å². The lowest BCUT2D eigenvalue weighted by atomic mass is 10.1. The van der Waals surface area contributed by atoms with E-state index < -0.39 is 16.8 Å². The Kier molecular flexibility index (Phi) is 11.8. The van der Waals surface area contributed by atoms with Crippen LogP contribution < -0.4 is 14.8 Å². The average molecular weight is 609 g/mol. The molecule has 2 aromatic rings. The zero-order valence-corrected chi connectivity index (χ0v) is 25.2. The summed E-state index contributed by atoms with van der Waals surface area (Å²) in [6.07, 6.45) is 3.54. The van der Waals surface area contributed by atoms with Crippen LogP contribution in [0.1, 0.15) is 60.4 Å². The van der Waals surface area contributed by atoms with Gasteiger partial charge in [0.25, 0.3) is 11.6 Å². The van der Waals surface area contributed by atoms with Crippen molar-refractivity contribution in [3.8, 4) is 11.5 Å². The summed E-state index contributed by atoms with van der Waals surface area (Å²) in [4.78, 5) is 50.3. The molecule has 0 aliphatic carbocycles. The number of nitrogens with one attached hydrogen (secondary N) is 1. The van der Waals surface area contributed by atoms with Gasteiger partial charge in [0.05, 0.1) is 41.0 Å². The van der Waals surface area contributed by atoms with Gasteiger partial charge in [-0.15, -0.1) is 23.5 Å². The fourth-order valence-corrected chi connectivity index (χ4v) is 7.58. The normalized spacial score (nSPS) is 14.8. The number of thioether (sulfide) groups is 2. The summed E-state index contributed by atoms with van der Waals surface area (Å²) >= 11 is 3.58. The number of hydrogen-bond acceptors (Lipinski definition) is 9. The first-order chi connectivity index (χ1) is 19.6. The molecule has 1 fully saturated rings. The monoisotopic (exact) mass is 608 g/mol. The molecule has 1 aromatic heterocycles. The third kappa shape index (κ3) is 8.09. The molecule has 12 nitrogen and oxygen atoms in total. The molecule has 3 rings (SSSR count). The van der Waals surface area contributed by atoms with Crippen molar-refractivity contribution in [1.29, 1.82) is 0 Å². The number of methoxy groups -OCH3 is 1. The molecular weight excluding hydrogens is 572 g/mol. The number of aromatic nitrogens is 1. The average Bonchev–Trinajstić information content (AvgIpc) is 3.56. The van der Waals surface area contributed by atoms with Crippen LogP contribution in [0.2, 0.25) is 0 Å². The maximum atomic E-state index is 13.6. The molecule has 1 aromatic carbocycles. The fourth-order valence-electron chi connectivity index (χ4n) is 4.71. The van der Waals surface area contributed by atoms with Crippen LogP contribution in [0.4, 0.5) is 11.4 Å². The summed E-state index contributed by atoms with van der Waals surface area (Å²) in [5.74, 6) is 0.275. The predicted molar refractivity (Wildman–Crippen MR) is 159 cm³/mol. The van der Waals surface area contributed by atoms with Crippen LogP contribution >= 0.6 is 23.5 Å². The number of amides is 2. The Hall–Kier alpha value is -3.39. The maximum Gasteiger partial charge on any atom is 0.352 e. The number of likely N-dealkylation sites (tertiary alicyclic amines) is 1. The Labute approximate surface area is 247 Å². The van der Waals surface area contributed by atoms with Crippen molar-refractivity contribution in [2.45, 2.75) is 50.2 Å². The highest BCUT2D eigenvalue weighted by Gasteiger charge is 2.38. The molecule has 1 aliphatic heterocycles. The van der Waals surface area contributed by atoms with Crippen LogP contribution in [0.3, 0.4) is 0 Å². The molecular formula is C27H36N4O8S2. The topological polar surface area (TPSA) is 153 Å². The number of aryl methyl sites for hydroxylation is 1. The van der Waals surface area contributed by atoms with Gasteiger partial charge in [-0.1, -0.05) is 13.8 Å². The van der Waals surface area contributed by atoms with E-state index in [1.165, 1.54) is 36.1 Å². The van der Waals surface area contributed by atoms with Gasteiger partial charge in [0.1, 0.15) is 11.3 Å². The molecule has 2 N–H and O–H groups in total. The number of benzene rings is 1. The van der Waals surface area contributed by atoms with Gasteiger partial charge < -0.3 is 29.4 Å². The molecule has 0 saturated carbocycles. The standard InChI is InChI=1S/C27H36N4O8S2/c1-5-40-27(41-6-2)19-9-7-11-30(19)25(33)18-14-22(38-4)23(15-20(18)31(36)37)39-12-8-10-24(32)28-17-13-21(26(34)35)29(3)16-17/h13-16,19,27H,5-12H2,1-4H3,(H,28,32)(H,34,35)/t19-/m0/s1.